The highest BCUT2D eigenvalue weighted by Crippen LogP contribution is 2.31. The van der Waals surface area contributed by atoms with E-state index < -0.39 is 0 Å². The smallest absolute Gasteiger partial charge is 0.161 e. The van der Waals surface area contributed by atoms with Crippen LogP contribution < -0.4 is 9.47 Å². The number of halogens is 2. The van der Waals surface area contributed by atoms with Gasteiger partial charge in [0.05, 0.1) is 16.7 Å². The average Bonchev–Trinajstić information content (AvgIpc) is 2.70. The van der Waals surface area contributed by atoms with Crippen molar-refractivity contribution in [1.82, 2.24) is 9.80 Å². The molecule has 3 rings (SSSR count). The monoisotopic (exact) mass is 438 g/mol. The standard InChI is InChI=1S/C21H24Cl2N2O2S/c1-3-26-20-13-16(21(28)25-10-8-24(2)9-11-25)5-7-19(20)27-14-15-4-6-17(22)18(23)12-15/h4-7,12-13H,3,8-11,14H2,1-2H3. The van der Waals surface area contributed by atoms with Crippen LogP contribution in [0, 0.1) is 0 Å². The van der Waals surface area contributed by atoms with Gasteiger partial charge in [0.2, 0.25) is 0 Å². The Kier molecular flexibility index (Phi) is 7.41. The minimum Gasteiger partial charge on any atom is -0.490 e. The summed E-state index contributed by atoms with van der Waals surface area (Å²) in [7, 11) is 2.13. The van der Waals surface area contributed by atoms with E-state index in [1.807, 2.05) is 31.2 Å². The molecule has 1 aliphatic rings. The third kappa shape index (κ3) is 5.29. The Bertz CT molecular complexity index is 839. The molecule has 0 unspecified atom stereocenters. The Labute approximate surface area is 181 Å². The molecule has 0 aliphatic carbocycles. The van der Waals surface area contributed by atoms with Gasteiger partial charge in [0.15, 0.2) is 11.5 Å². The van der Waals surface area contributed by atoms with E-state index in [0.29, 0.717) is 34.8 Å². The maximum Gasteiger partial charge on any atom is 0.161 e. The quantitative estimate of drug-likeness (QED) is 0.597. The van der Waals surface area contributed by atoms with Crippen molar-refractivity contribution in [1.29, 1.82) is 0 Å². The molecule has 1 saturated heterocycles. The predicted molar refractivity (Wildman–Crippen MR) is 119 cm³/mol. The van der Waals surface area contributed by atoms with Crippen LogP contribution in [-0.4, -0.2) is 54.6 Å². The van der Waals surface area contributed by atoms with Crippen molar-refractivity contribution < 1.29 is 9.47 Å². The molecule has 0 bridgehead atoms. The Morgan fingerprint density at radius 3 is 2.39 bits per heavy atom. The maximum absolute atomic E-state index is 6.08. The first-order chi connectivity index (χ1) is 13.5. The number of hydrogen-bond donors (Lipinski definition) is 0. The topological polar surface area (TPSA) is 24.9 Å². The van der Waals surface area contributed by atoms with Crippen molar-refractivity contribution in [3.8, 4) is 11.5 Å². The molecule has 28 heavy (non-hydrogen) atoms. The highest BCUT2D eigenvalue weighted by atomic mass is 35.5. The first-order valence-corrected chi connectivity index (χ1v) is 10.5. The molecular weight excluding hydrogens is 415 g/mol. The van der Waals surface area contributed by atoms with Gasteiger partial charge >= 0.3 is 0 Å². The largest absolute Gasteiger partial charge is 0.490 e. The zero-order valence-electron chi connectivity index (χ0n) is 16.1. The molecule has 4 nitrogen and oxygen atoms in total. The van der Waals surface area contributed by atoms with Crippen molar-refractivity contribution in [2.24, 2.45) is 0 Å². The molecule has 2 aromatic carbocycles. The van der Waals surface area contributed by atoms with Crippen LogP contribution in [0.2, 0.25) is 10.0 Å². The van der Waals surface area contributed by atoms with Crippen molar-refractivity contribution in [2.75, 3.05) is 39.8 Å². The van der Waals surface area contributed by atoms with E-state index in [1.54, 1.807) is 12.1 Å². The lowest BCUT2D eigenvalue weighted by Gasteiger charge is -2.34. The summed E-state index contributed by atoms with van der Waals surface area (Å²) in [4.78, 5) is 5.41. The van der Waals surface area contributed by atoms with Gasteiger partial charge in [0.1, 0.15) is 11.6 Å². The van der Waals surface area contributed by atoms with Crippen LogP contribution in [-0.2, 0) is 6.61 Å². The third-order valence-electron chi connectivity index (χ3n) is 4.66. The summed E-state index contributed by atoms with van der Waals surface area (Å²) < 4.78 is 11.8. The number of hydrogen-bond acceptors (Lipinski definition) is 4. The van der Waals surface area contributed by atoms with Gasteiger partial charge in [-0.25, -0.2) is 0 Å². The van der Waals surface area contributed by atoms with Crippen LogP contribution in [0.4, 0.5) is 0 Å². The molecular formula is C21H24Cl2N2O2S. The minimum atomic E-state index is 0.374. The Balaban J connectivity index is 1.73. The van der Waals surface area contributed by atoms with Gasteiger partial charge in [-0.1, -0.05) is 41.5 Å². The van der Waals surface area contributed by atoms with Crippen LogP contribution in [0.15, 0.2) is 36.4 Å². The lowest BCUT2D eigenvalue weighted by molar-refractivity contribution is 0.218. The summed E-state index contributed by atoms with van der Waals surface area (Å²) in [5, 5.41) is 1.04. The summed E-state index contributed by atoms with van der Waals surface area (Å²) in [6.07, 6.45) is 0. The fraction of sp³-hybridized carbons (Fsp3) is 0.381. The van der Waals surface area contributed by atoms with E-state index in [9.17, 15) is 0 Å². The number of benzene rings is 2. The Morgan fingerprint density at radius 2 is 1.71 bits per heavy atom. The number of likely N-dealkylation sites (N-methyl/N-ethyl adjacent to an activating group) is 1. The second-order valence-corrected chi connectivity index (χ2v) is 7.93. The minimum absolute atomic E-state index is 0.374. The van der Waals surface area contributed by atoms with Crippen molar-refractivity contribution >= 4 is 40.4 Å². The molecule has 0 radical (unpaired) electrons. The molecule has 0 atom stereocenters. The first-order valence-electron chi connectivity index (χ1n) is 9.29. The summed E-state index contributed by atoms with van der Waals surface area (Å²) >= 11 is 17.8. The number of nitrogens with zero attached hydrogens (tertiary/aromatic N) is 2. The maximum atomic E-state index is 6.08. The summed E-state index contributed by atoms with van der Waals surface area (Å²) in [6, 6.07) is 11.3. The van der Waals surface area contributed by atoms with E-state index in [-0.39, 0.29) is 0 Å². The lowest BCUT2D eigenvalue weighted by atomic mass is 10.1. The molecule has 0 spiro atoms. The molecule has 150 valence electrons. The van der Waals surface area contributed by atoms with Crippen molar-refractivity contribution in [3.63, 3.8) is 0 Å². The fourth-order valence-electron chi connectivity index (χ4n) is 3.01. The van der Waals surface area contributed by atoms with E-state index in [0.717, 1.165) is 42.3 Å². The Hall–Kier alpha value is -1.53. The third-order valence-corrected chi connectivity index (χ3v) is 5.89. The number of thiocarbonyl (C=S) groups is 1. The van der Waals surface area contributed by atoms with Crippen LogP contribution in [0.3, 0.4) is 0 Å². The fourth-order valence-corrected chi connectivity index (χ4v) is 3.64. The van der Waals surface area contributed by atoms with Crippen molar-refractivity contribution in [2.45, 2.75) is 13.5 Å². The van der Waals surface area contributed by atoms with E-state index in [4.69, 9.17) is 44.9 Å². The van der Waals surface area contributed by atoms with Gasteiger partial charge in [-0.2, -0.15) is 0 Å². The molecule has 1 heterocycles. The Morgan fingerprint density at radius 1 is 0.964 bits per heavy atom. The zero-order chi connectivity index (χ0) is 20.1. The molecule has 0 aromatic heterocycles. The second kappa shape index (κ2) is 9.79. The number of piperazine rings is 1. The highest BCUT2D eigenvalue weighted by Gasteiger charge is 2.19. The molecule has 1 aliphatic heterocycles. The van der Waals surface area contributed by atoms with Gasteiger partial charge in [-0.15, -0.1) is 0 Å². The van der Waals surface area contributed by atoms with Gasteiger partial charge in [-0.05, 0) is 49.9 Å². The van der Waals surface area contributed by atoms with Crippen LogP contribution in [0.5, 0.6) is 11.5 Å². The molecule has 0 saturated carbocycles. The van der Waals surface area contributed by atoms with Gasteiger partial charge < -0.3 is 19.3 Å². The van der Waals surface area contributed by atoms with Crippen LogP contribution in [0.25, 0.3) is 0 Å². The first kappa shape index (κ1) is 21.2. The molecule has 1 fully saturated rings. The molecule has 2 aromatic rings. The number of rotatable bonds is 6. The van der Waals surface area contributed by atoms with Gasteiger partial charge in [-0.3, -0.25) is 0 Å². The van der Waals surface area contributed by atoms with E-state index >= 15 is 0 Å². The molecule has 7 heteroatoms. The summed E-state index contributed by atoms with van der Waals surface area (Å²) in [5.41, 5.74) is 1.92. The summed E-state index contributed by atoms with van der Waals surface area (Å²) in [5.74, 6) is 1.37. The highest BCUT2D eigenvalue weighted by molar-refractivity contribution is 7.80. The van der Waals surface area contributed by atoms with E-state index in [2.05, 4.69) is 16.8 Å². The van der Waals surface area contributed by atoms with Crippen molar-refractivity contribution in [3.05, 3.63) is 57.6 Å². The van der Waals surface area contributed by atoms with E-state index in [1.165, 1.54) is 0 Å². The normalized spacial score (nSPS) is 14.8. The SMILES string of the molecule is CCOc1cc(C(=S)N2CCN(C)CC2)ccc1OCc1ccc(Cl)c(Cl)c1. The van der Waals surface area contributed by atoms with Gasteiger partial charge in [0, 0.05) is 31.7 Å². The number of ether oxygens (including phenoxy) is 2. The summed E-state index contributed by atoms with van der Waals surface area (Å²) in [6.45, 7) is 6.79. The average molecular weight is 439 g/mol. The van der Waals surface area contributed by atoms with Crippen LogP contribution >= 0.6 is 35.4 Å². The van der Waals surface area contributed by atoms with Gasteiger partial charge in [0.25, 0.3) is 0 Å². The second-order valence-electron chi connectivity index (χ2n) is 6.73. The zero-order valence-corrected chi connectivity index (χ0v) is 18.4. The van der Waals surface area contributed by atoms with Crippen LogP contribution in [0.1, 0.15) is 18.1 Å². The molecule has 0 amide bonds. The predicted octanol–water partition coefficient (Wildman–Crippen LogP) is 4.89. The lowest BCUT2D eigenvalue weighted by Crippen LogP contribution is -2.46. The molecule has 0 N–H and O–H groups in total.